The second kappa shape index (κ2) is 4.87. The van der Waals surface area contributed by atoms with Crippen molar-refractivity contribution in [2.45, 2.75) is 58.9 Å². The molecule has 2 atom stereocenters. The number of carbonyl (C=O) groups excluding carboxylic acids is 1. The highest BCUT2D eigenvalue weighted by atomic mass is 16.4. The van der Waals surface area contributed by atoms with Crippen LogP contribution < -0.4 is 5.32 Å². The van der Waals surface area contributed by atoms with Gasteiger partial charge in [0.1, 0.15) is 5.76 Å². The summed E-state index contributed by atoms with van der Waals surface area (Å²) in [5.74, 6) is 0.105. The van der Waals surface area contributed by atoms with E-state index in [2.05, 4.69) is 19.2 Å². The van der Waals surface area contributed by atoms with Crippen LogP contribution in [0, 0.1) is 22.2 Å². The largest absolute Gasteiger partial charge is 0.475 e. The first kappa shape index (κ1) is 15.7. The molecule has 2 unspecified atom stereocenters. The maximum absolute atomic E-state index is 13.0. The zero-order chi connectivity index (χ0) is 17.2. The van der Waals surface area contributed by atoms with Gasteiger partial charge in [0, 0.05) is 0 Å². The molecule has 1 amide bonds. The van der Waals surface area contributed by atoms with E-state index in [1.54, 1.807) is 6.07 Å². The highest BCUT2D eigenvalue weighted by molar-refractivity contribution is 5.84. The van der Waals surface area contributed by atoms with E-state index < -0.39 is 5.97 Å². The van der Waals surface area contributed by atoms with Crippen LogP contribution >= 0.6 is 0 Å². The fourth-order valence-corrected chi connectivity index (χ4v) is 6.64. The Bertz CT molecular complexity index is 688. The molecule has 1 heterocycles. The van der Waals surface area contributed by atoms with Crippen molar-refractivity contribution in [3.8, 4) is 0 Å². The Kier molecular flexibility index (Phi) is 3.19. The van der Waals surface area contributed by atoms with Gasteiger partial charge in [-0.3, -0.25) is 4.79 Å². The third-order valence-electron chi connectivity index (χ3n) is 6.40. The lowest BCUT2D eigenvalue weighted by molar-refractivity contribution is -0.170. The predicted molar refractivity (Wildman–Crippen MR) is 87.4 cm³/mol. The Morgan fingerprint density at radius 2 is 1.83 bits per heavy atom. The van der Waals surface area contributed by atoms with Crippen LogP contribution in [0.4, 0.5) is 0 Å². The molecule has 4 saturated carbocycles. The van der Waals surface area contributed by atoms with Gasteiger partial charge in [0.25, 0.3) is 0 Å². The van der Waals surface area contributed by atoms with Gasteiger partial charge < -0.3 is 14.8 Å². The molecule has 5 heteroatoms. The minimum absolute atomic E-state index is 0.0888. The zero-order valence-electron chi connectivity index (χ0n) is 14.4. The van der Waals surface area contributed by atoms with Crippen molar-refractivity contribution in [3.63, 3.8) is 0 Å². The van der Waals surface area contributed by atoms with Crippen molar-refractivity contribution in [1.29, 1.82) is 0 Å². The van der Waals surface area contributed by atoms with Gasteiger partial charge in [-0.25, -0.2) is 4.79 Å². The number of furan rings is 1. The number of carboxylic acid groups (broad SMARTS) is 1. The minimum atomic E-state index is -1.09. The molecule has 1 aromatic heterocycles. The van der Waals surface area contributed by atoms with E-state index in [-0.39, 0.29) is 23.6 Å². The Morgan fingerprint density at radius 1 is 1.17 bits per heavy atom. The summed E-state index contributed by atoms with van der Waals surface area (Å²) in [5.41, 5.74) is 0.352. The van der Waals surface area contributed by atoms with Gasteiger partial charge in [0.2, 0.25) is 11.7 Å². The number of amides is 1. The number of aromatic carboxylic acids is 1. The molecule has 1 aromatic rings. The number of hydrogen-bond acceptors (Lipinski definition) is 3. The second-order valence-corrected chi connectivity index (χ2v) is 9.16. The second-order valence-electron chi connectivity index (χ2n) is 9.16. The molecule has 4 aliphatic carbocycles. The van der Waals surface area contributed by atoms with Gasteiger partial charge in [0.05, 0.1) is 12.0 Å². The number of hydrogen-bond donors (Lipinski definition) is 2. The van der Waals surface area contributed by atoms with Crippen molar-refractivity contribution < 1.29 is 19.1 Å². The quantitative estimate of drug-likeness (QED) is 0.883. The van der Waals surface area contributed by atoms with Crippen LogP contribution in [-0.4, -0.2) is 17.0 Å². The van der Waals surface area contributed by atoms with Crippen LogP contribution in [0.5, 0.6) is 0 Å². The summed E-state index contributed by atoms with van der Waals surface area (Å²) < 4.78 is 5.24. The average molecular weight is 331 g/mol. The van der Waals surface area contributed by atoms with Crippen LogP contribution in [0.2, 0.25) is 0 Å². The Morgan fingerprint density at radius 3 is 2.38 bits per heavy atom. The van der Waals surface area contributed by atoms with Gasteiger partial charge in [0.15, 0.2) is 0 Å². The predicted octanol–water partition coefficient (Wildman–Crippen LogP) is 3.59. The van der Waals surface area contributed by atoms with Crippen molar-refractivity contribution >= 4 is 11.9 Å². The van der Waals surface area contributed by atoms with Crippen LogP contribution in [0.3, 0.4) is 0 Å². The first-order valence-corrected chi connectivity index (χ1v) is 8.81. The van der Waals surface area contributed by atoms with E-state index >= 15 is 0 Å². The molecule has 2 N–H and O–H groups in total. The van der Waals surface area contributed by atoms with Crippen LogP contribution in [-0.2, 0) is 11.3 Å². The topological polar surface area (TPSA) is 79.5 Å². The summed E-state index contributed by atoms with van der Waals surface area (Å²) in [7, 11) is 0. The van der Waals surface area contributed by atoms with E-state index in [0.717, 1.165) is 19.3 Å². The Hall–Kier alpha value is -1.78. The van der Waals surface area contributed by atoms with Gasteiger partial charge in [-0.1, -0.05) is 13.8 Å². The van der Waals surface area contributed by atoms with Crippen molar-refractivity contribution in [2.75, 3.05) is 0 Å². The van der Waals surface area contributed by atoms with Gasteiger partial charge in [-0.05, 0) is 67.4 Å². The van der Waals surface area contributed by atoms with E-state index in [4.69, 9.17) is 9.52 Å². The minimum Gasteiger partial charge on any atom is -0.475 e. The fourth-order valence-electron chi connectivity index (χ4n) is 6.64. The van der Waals surface area contributed by atoms with Gasteiger partial charge in [-0.2, -0.15) is 0 Å². The van der Waals surface area contributed by atoms with E-state index in [1.807, 2.05) is 0 Å². The standard InChI is InChI=1S/C19H25NO4/c1-17-5-12-6-18(2,9-17)11-19(7-12,10-17)16(23)20-8-13-3-4-14(24-13)15(21)22/h3-4,12H,5-11H2,1-2H3,(H,20,23)(H,21,22). The van der Waals surface area contributed by atoms with Crippen LogP contribution in [0.15, 0.2) is 16.5 Å². The maximum Gasteiger partial charge on any atom is 0.371 e. The molecule has 5 rings (SSSR count). The summed E-state index contributed by atoms with van der Waals surface area (Å²) in [5, 5.41) is 11.9. The van der Waals surface area contributed by atoms with Gasteiger partial charge in [-0.15, -0.1) is 0 Å². The third kappa shape index (κ3) is 2.45. The molecule has 0 aliphatic heterocycles. The Labute approximate surface area is 141 Å². The first-order valence-electron chi connectivity index (χ1n) is 8.81. The first-order chi connectivity index (χ1) is 11.2. The molecular weight excluding hydrogens is 306 g/mol. The molecule has 0 spiro atoms. The average Bonchev–Trinajstić information content (AvgIpc) is 2.89. The molecule has 24 heavy (non-hydrogen) atoms. The zero-order valence-corrected chi connectivity index (χ0v) is 14.4. The highest BCUT2D eigenvalue weighted by Crippen LogP contribution is 2.69. The summed E-state index contributed by atoms with van der Waals surface area (Å²) >= 11 is 0. The van der Waals surface area contributed by atoms with E-state index in [0.29, 0.717) is 22.5 Å². The fraction of sp³-hybridized carbons (Fsp3) is 0.684. The van der Waals surface area contributed by atoms with Crippen LogP contribution in [0.1, 0.15) is 68.7 Å². The number of carboxylic acids is 1. The monoisotopic (exact) mass is 331 g/mol. The molecule has 4 fully saturated rings. The molecule has 0 saturated heterocycles. The summed E-state index contributed by atoms with van der Waals surface area (Å²) in [6.07, 6.45) is 6.73. The summed E-state index contributed by atoms with van der Waals surface area (Å²) in [6, 6.07) is 3.04. The third-order valence-corrected chi connectivity index (χ3v) is 6.40. The number of rotatable bonds is 4. The lowest BCUT2D eigenvalue weighted by atomic mass is 9.40. The Balaban J connectivity index is 1.49. The molecule has 4 aliphatic rings. The van der Waals surface area contributed by atoms with E-state index in [9.17, 15) is 9.59 Å². The summed E-state index contributed by atoms with van der Waals surface area (Å²) in [4.78, 5) is 23.9. The molecule has 4 bridgehead atoms. The molecule has 5 nitrogen and oxygen atoms in total. The lowest BCUT2D eigenvalue weighted by Gasteiger charge is -2.64. The van der Waals surface area contributed by atoms with Crippen molar-refractivity contribution in [2.24, 2.45) is 22.2 Å². The van der Waals surface area contributed by atoms with Gasteiger partial charge >= 0.3 is 5.97 Å². The van der Waals surface area contributed by atoms with Crippen molar-refractivity contribution in [3.05, 3.63) is 23.7 Å². The maximum atomic E-state index is 13.0. The van der Waals surface area contributed by atoms with Crippen LogP contribution in [0.25, 0.3) is 0 Å². The van der Waals surface area contributed by atoms with E-state index in [1.165, 1.54) is 25.3 Å². The molecular formula is C19H25NO4. The molecule has 0 radical (unpaired) electrons. The lowest BCUT2D eigenvalue weighted by Crippen LogP contribution is -2.59. The highest BCUT2D eigenvalue weighted by Gasteiger charge is 2.62. The smallest absolute Gasteiger partial charge is 0.371 e. The molecule has 130 valence electrons. The number of nitrogens with one attached hydrogen (secondary N) is 1. The summed E-state index contributed by atoms with van der Waals surface area (Å²) in [6.45, 7) is 4.96. The number of carbonyl (C=O) groups is 2. The molecule has 0 aromatic carbocycles. The van der Waals surface area contributed by atoms with Crippen molar-refractivity contribution in [1.82, 2.24) is 5.32 Å². The normalized spacial score (nSPS) is 39.8. The SMILES string of the molecule is CC12CC3CC(C)(C1)CC(C(=O)NCc1ccc(C(=O)O)o1)(C3)C2.